The number of hydrogen-bond acceptors (Lipinski definition) is 6. The summed E-state index contributed by atoms with van der Waals surface area (Å²) in [6.45, 7) is 3.92. The van der Waals surface area contributed by atoms with Crippen molar-refractivity contribution in [1.29, 1.82) is 0 Å². The molecule has 6 N–H and O–H groups in total. The van der Waals surface area contributed by atoms with Gasteiger partial charge < -0.3 is 10.5 Å². The summed E-state index contributed by atoms with van der Waals surface area (Å²) in [7, 11) is 0. The molecule has 0 radical (unpaired) electrons. The number of aromatic nitrogens is 3. The summed E-state index contributed by atoms with van der Waals surface area (Å²) >= 11 is 0. The Morgan fingerprint density at radius 1 is 1.32 bits per heavy atom. The second-order valence-corrected chi connectivity index (χ2v) is 4.46. The zero-order valence-corrected chi connectivity index (χ0v) is 10.9. The first-order valence-corrected chi connectivity index (χ1v) is 5.98. The van der Waals surface area contributed by atoms with E-state index in [0.29, 0.717) is 11.6 Å². The van der Waals surface area contributed by atoms with Gasteiger partial charge in [0, 0.05) is 11.8 Å². The maximum absolute atomic E-state index is 5.81. The Kier molecular flexibility index (Phi) is 3.98. The third-order valence-corrected chi connectivity index (χ3v) is 2.62. The van der Waals surface area contributed by atoms with Gasteiger partial charge in [0.05, 0.1) is 24.5 Å². The minimum absolute atomic E-state index is 0.0836. The van der Waals surface area contributed by atoms with E-state index in [1.165, 1.54) is 0 Å². The molecule has 0 aliphatic carbocycles. The Labute approximate surface area is 111 Å². The van der Waals surface area contributed by atoms with Crippen LogP contribution < -0.4 is 21.7 Å². The first kappa shape index (κ1) is 13.3. The molecule has 1 atom stereocenters. The topological polar surface area (TPSA) is 115 Å². The van der Waals surface area contributed by atoms with Crippen LogP contribution in [0.2, 0.25) is 0 Å². The van der Waals surface area contributed by atoms with Gasteiger partial charge in [0.25, 0.3) is 0 Å². The van der Waals surface area contributed by atoms with Gasteiger partial charge >= 0.3 is 0 Å². The molecule has 0 saturated heterocycles. The second-order valence-electron chi connectivity index (χ2n) is 4.46. The molecule has 7 heteroatoms. The van der Waals surface area contributed by atoms with E-state index in [9.17, 15) is 0 Å². The average molecular weight is 262 g/mol. The van der Waals surface area contributed by atoms with Crippen LogP contribution in [0.15, 0.2) is 24.7 Å². The van der Waals surface area contributed by atoms with Crippen molar-refractivity contribution in [1.82, 2.24) is 20.6 Å². The van der Waals surface area contributed by atoms with Gasteiger partial charge in [-0.1, -0.05) is 0 Å². The minimum Gasteiger partial charge on any atom is -0.489 e. The Hall–Kier alpha value is -2.12. The van der Waals surface area contributed by atoms with Gasteiger partial charge in [-0.2, -0.15) is 5.10 Å². The lowest BCUT2D eigenvalue weighted by atomic mass is 10.0. The van der Waals surface area contributed by atoms with Crippen molar-refractivity contribution in [2.75, 3.05) is 5.73 Å². The van der Waals surface area contributed by atoms with Crippen molar-refractivity contribution in [3.63, 3.8) is 0 Å². The number of H-pyrrole nitrogens is 1. The number of hydrazine groups is 1. The van der Waals surface area contributed by atoms with Crippen molar-refractivity contribution >= 4 is 5.82 Å². The van der Waals surface area contributed by atoms with Crippen LogP contribution in [-0.4, -0.2) is 21.3 Å². The predicted molar refractivity (Wildman–Crippen MR) is 72.2 cm³/mol. The quantitative estimate of drug-likeness (QED) is 0.466. The summed E-state index contributed by atoms with van der Waals surface area (Å²) in [5, 5.41) is 6.57. The van der Waals surface area contributed by atoms with Crippen molar-refractivity contribution < 1.29 is 4.74 Å². The number of aromatic amines is 1. The zero-order valence-electron chi connectivity index (χ0n) is 10.9. The van der Waals surface area contributed by atoms with Gasteiger partial charge in [-0.05, 0) is 25.5 Å². The van der Waals surface area contributed by atoms with E-state index >= 15 is 0 Å². The number of nitrogens with two attached hydrogens (primary N) is 2. The molecular weight excluding hydrogens is 244 g/mol. The lowest BCUT2D eigenvalue weighted by molar-refractivity contribution is 0.241. The number of nitrogens with one attached hydrogen (secondary N) is 2. The fourth-order valence-corrected chi connectivity index (χ4v) is 1.83. The van der Waals surface area contributed by atoms with Gasteiger partial charge in [0.15, 0.2) is 0 Å². The molecule has 0 aromatic carbocycles. The summed E-state index contributed by atoms with van der Waals surface area (Å²) in [4.78, 5) is 4.15. The molecule has 0 aliphatic rings. The van der Waals surface area contributed by atoms with E-state index in [1.807, 2.05) is 19.9 Å². The molecule has 0 amide bonds. The van der Waals surface area contributed by atoms with E-state index in [4.69, 9.17) is 16.3 Å². The molecule has 102 valence electrons. The SMILES string of the molecule is CC(C)Oc1cncc(C(NN)c2cn[nH]c2N)c1. The zero-order chi connectivity index (χ0) is 13.8. The Bertz CT molecular complexity index is 539. The van der Waals surface area contributed by atoms with Gasteiger partial charge in [-0.3, -0.25) is 15.9 Å². The molecule has 0 spiro atoms. The highest BCUT2D eigenvalue weighted by Gasteiger charge is 2.18. The number of pyridine rings is 1. The van der Waals surface area contributed by atoms with Crippen LogP contribution in [0.3, 0.4) is 0 Å². The number of nitrogens with zero attached hydrogens (tertiary/aromatic N) is 2. The van der Waals surface area contributed by atoms with Crippen LogP contribution in [0.1, 0.15) is 31.0 Å². The number of nitrogen functional groups attached to an aromatic ring is 1. The molecule has 1 unspecified atom stereocenters. The maximum atomic E-state index is 5.81. The molecule has 2 aromatic rings. The summed E-state index contributed by atoms with van der Waals surface area (Å²) in [5.41, 5.74) is 10.1. The summed E-state index contributed by atoms with van der Waals surface area (Å²) in [6.07, 6.45) is 5.09. The van der Waals surface area contributed by atoms with Crippen LogP contribution in [0.4, 0.5) is 5.82 Å². The lowest BCUT2D eigenvalue weighted by Gasteiger charge is -2.17. The predicted octanol–water partition coefficient (Wildman–Crippen LogP) is 0.727. The normalized spacial score (nSPS) is 12.6. The van der Waals surface area contributed by atoms with E-state index in [1.54, 1.807) is 18.6 Å². The van der Waals surface area contributed by atoms with E-state index < -0.39 is 0 Å². The molecule has 0 fully saturated rings. The van der Waals surface area contributed by atoms with Crippen molar-refractivity contribution in [2.24, 2.45) is 5.84 Å². The highest BCUT2D eigenvalue weighted by atomic mass is 16.5. The van der Waals surface area contributed by atoms with Gasteiger partial charge in [-0.15, -0.1) is 0 Å². The number of rotatable bonds is 5. The van der Waals surface area contributed by atoms with Gasteiger partial charge in [0.1, 0.15) is 11.6 Å². The van der Waals surface area contributed by atoms with Crippen LogP contribution in [-0.2, 0) is 0 Å². The van der Waals surface area contributed by atoms with E-state index in [-0.39, 0.29) is 12.1 Å². The Balaban J connectivity index is 2.31. The molecule has 0 aliphatic heterocycles. The number of ether oxygens (including phenoxy) is 1. The number of hydrogen-bond donors (Lipinski definition) is 4. The molecular formula is C12H18N6O. The smallest absolute Gasteiger partial charge is 0.138 e. The first-order valence-electron chi connectivity index (χ1n) is 5.98. The van der Waals surface area contributed by atoms with Crippen LogP contribution in [0, 0.1) is 0 Å². The van der Waals surface area contributed by atoms with Crippen LogP contribution in [0.25, 0.3) is 0 Å². The van der Waals surface area contributed by atoms with Crippen molar-refractivity contribution in [3.05, 3.63) is 35.8 Å². The molecule has 2 heterocycles. The third-order valence-electron chi connectivity index (χ3n) is 2.62. The molecule has 0 saturated carbocycles. The fraction of sp³-hybridized carbons (Fsp3) is 0.333. The highest BCUT2D eigenvalue weighted by molar-refractivity contribution is 5.44. The molecule has 2 rings (SSSR count). The second kappa shape index (κ2) is 5.68. The fourth-order valence-electron chi connectivity index (χ4n) is 1.83. The Morgan fingerprint density at radius 3 is 2.68 bits per heavy atom. The lowest BCUT2D eigenvalue weighted by Crippen LogP contribution is -2.29. The van der Waals surface area contributed by atoms with E-state index in [2.05, 4.69) is 20.6 Å². The first-order chi connectivity index (χ1) is 9.11. The van der Waals surface area contributed by atoms with Gasteiger partial charge in [0.2, 0.25) is 0 Å². The molecule has 0 bridgehead atoms. The highest BCUT2D eigenvalue weighted by Crippen LogP contribution is 2.26. The standard InChI is InChI=1S/C12H18N6O/c1-7(2)19-9-3-8(4-15-5-9)11(17-14)10-6-16-18-12(10)13/h3-7,11,17H,14H2,1-2H3,(H3,13,16,18). The van der Waals surface area contributed by atoms with Crippen LogP contribution in [0.5, 0.6) is 5.75 Å². The number of anilines is 1. The summed E-state index contributed by atoms with van der Waals surface area (Å²) in [6, 6.07) is 1.59. The summed E-state index contributed by atoms with van der Waals surface area (Å²) < 4.78 is 5.61. The molecule has 2 aromatic heterocycles. The molecule has 7 nitrogen and oxygen atoms in total. The third kappa shape index (κ3) is 3.01. The van der Waals surface area contributed by atoms with Crippen molar-refractivity contribution in [3.8, 4) is 5.75 Å². The Morgan fingerprint density at radius 2 is 2.11 bits per heavy atom. The monoisotopic (exact) mass is 262 g/mol. The van der Waals surface area contributed by atoms with Gasteiger partial charge in [-0.25, -0.2) is 5.43 Å². The maximum Gasteiger partial charge on any atom is 0.138 e. The van der Waals surface area contributed by atoms with Crippen LogP contribution >= 0.6 is 0 Å². The minimum atomic E-state index is -0.290. The largest absolute Gasteiger partial charge is 0.489 e. The average Bonchev–Trinajstić information content (AvgIpc) is 2.77. The summed E-state index contributed by atoms with van der Waals surface area (Å²) in [5.74, 6) is 6.76. The van der Waals surface area contributed by atoms with E-state index in [0.717, 1.165) is 11.1 Å². The molecule has 19 heavy (non-hydrogen) atoms. The van der Waals surface area contributed by atoms with Crippen molar-refractivity contribution in [2.45, 2.75) is 26.0 Å².